The molecule has 74 valence electrons. The number of carbonyl (C=O) groups excluding carboxylic acids is 1. The molecular weight excluding hydrogens is 178 g/mol. The van der Waals surface area contributed by atoms with E-state index in [0.717, 1.165) is 11.3 Å². The van der Waals surface area contributed by atoms with E-state index >= 15 is 0 Å². The zero-order valence-corrected chi connectivity index (χ0v) is 8.57. The summed E-state index contributed by atoms with van der Waals surface area (Å²) in [4.78, 5) is 15.2. The largest absolute Gasteiger partial charge is 0.465 e. The summed E-state index contributed by atoms with van der Waals surface area (Å²) < 4.78 is 4.59. The summed E-state index contributed by atoms with van der Waals surface area (Å²) in [6.45, 7) is 1.92. The molecule has 14 heavy (non-hydrogen) atoms. The molecule has 0 fully saturated rings. The highest BCUT2D eigenvalue weighted by Crippen LogP contribution is 2.06. The topological polar surface area (TPSA) is 38.7 Å². The third-order valence-corrected chi connectivity index (χ3v) is 2.06. The molecule has 0 N–H and O–H groups in total. The second-order valence-electron chi connectivity index (χ2n) is 2.88. The van der Waals surface area contributed by atoms with E-state index in [0.29, 0.717) is 5.56 Å². The second kappa shape index (κ2) is 4.56. The van der Waals surface area contributed by atoms with Gasteiger partial charge in [-0.3, -0.25) is 4.99 Å². The molecule has 0 radical (unpaired) electrons. The SMILES string of the molecule is CN=C(C)c1ccc(C(=O)OC)cc1. The minimum absolute atomic E-state index is 0.317. The summed E-state index contributed by atoms with van der Waals surface area (Å²) in [5, 5.41) is 0. The molecule has 0 aliphatic rings. The summed E-state index contributed by atoms with van der Waals surface area (Å²) in [6.07, 6.45) is 0. The van der Waals surface area contributed by atoms with Gasteiger partial charge in [-0.2, -0.15) is 0 Å². The zero-order chi connectivity index (χ0) is 10.6. The van der Waals surface area contributed by atoms with Crippen molar-refractivity contribution >= 4 is 11.7 Å². The van der Waals surface area contributed by atoms with Crippen LogP contribution in [0, 0.1) is 0 Å². The summed E-state index contributed by atoms with van der Waals surface area (Å²) in [5.41, 5.74) is 2.52. The number of rotatable bonds is 2. The van der Waals surface area contributed by atoms with Gasteiger partial charge in [0.05, 0.1) is 12.7 Å². The molecule has 0 aliphatic carbocycles. The van der Waals surface area contributed by atoms with Gasteiger partial charge in [-0.25, -0.2) is 4.79 Å². The minimum Gasteiger partial charge on any atom is -0.465 e. The van der Waals surface area contributed by atoms with Crippen LogP contribution in [0.5, 0.6) is 0 Å². The molecule has 0 amide bonds. The summed E-state index contributed by atoms with van der Waals surface area (Å²) in [6, 6.07) is 7.18. The molecule has 0 saturated carbocycles. The first-order chi connectivity index (χ1) is 6.69. The molecule has 0 bridgehead atoms. The molecule has 1 rings (SSSR count). The van der Waals surface area contributed by atoms with E-state index in [2.05, 4.69) is 9.73 Å². The maximum absolute atomic E-state index is 11.1. The van der Waals surface area contributed by atoms with E-state index < -0.39 is 0 Å². The maximum atomic E-state index is 11.1. The Morgan fingerprint density at radius 3 is 2.14 bits per heavy atom. The highest BCUT2D eigenvalue weighted by molar-refractivity contribution is 5.99. The number of hydrogen-bond donors (Lipinski definition) is 0. The molecular formula is C11H13NO2. The fourth-order valence-corrected chi connectivity index (χ4v) is 1.09. The predicted molar refractivity (Wildman–Crippen MR) is 55.9 cm³/mol. The van der Waals surface area contributed by atoms with Crippen molar-refractivity contribution in [3.05, 3.63) is 35.4 Å². The van der Waals surface area contributed by atoms with Crippen molar-refractivity contribution in [1.82, 2.24) is 0 Å². The van der Waals surface area contributed by atoms with E-state index in [1.54, 1.807) is 19.2 Å². The number of carbonyl (C=O) groups is 1. The lowest BCUT2D eigenvalue weighted by molar-refractivity contribution is 0.0601. The van der Waals surface area contributed by atoms with Crippen LogP contribution in [0.3, 0.4) is 0 Å². The summed E-state index contributed by atoms with van der Waals surface area (Å²) >= 11 is 0. The van der Waals surface area contributed by atoms with Gasteiger partial charge in [0, 0.05) is 12.8 Å². The molecule has 0 aliphatic heterocycles. The number of benzene rings is 1. The molecule has 0 heterocycles. The Morgan fingerprint density at radius 2 is 1.71 bits per heavy atom. The van der Waals surface area contributed by atoms with Crippen molar-refractivity contribution < 1.29 is 9.53 Å². The lowest BCUT2D eigenvalue weighted by Crippen LogP contribution is -2.02. The van der Waals surface area contributed by atoms with Crippen LogP contribution in [0.25, 0.3) is 0 Å². The molecule has 1 aromatic rings. The average molecular weight is 191 g/mol. The number of hydrogen-bond acceptors (Lipinski definition) is 3. The van der Waals surface area contributed by atoms with Crippen molar-refractivity contribution in [3.63, 3.8) is 0 Å². The van der Waals surface area contributed by atoms with Gasteiger partial charge < -0.3 is 4.74 Å². The Labute approximate surface area is 83.4 Å². The Balaban J connectivity index is 2.95. The lowest BCUT2D eigenvalue weighted by atomic mass is 10.1. The van der Waals surface area contributed by atoms with Crippen LogP contribution in [0.4, 0.5) is 0 Å². The maximum Gasteiger partial charge on any atom is 0.337 e. The van der Waals surface area contributed by atoms with E-state index in [-0.39, 0.29) is 5.97 Å². The van der Waals surface area contributed by atoms with Gasteiger partial charge in [-0.05, 0) is 24.6 Å². The molecule has 0 saturated heterocycles. The Morgan fingerprint density at radius 1 is 1.21 bits per heavy atom. The lowest BCUT2D eigenvalue weighted by Gasteiger charge is -2.01. The van der Waals surface area contributed by atoms with Crippen molar-refractivity contribution in [2.75, 3.05) is 14.2 Å². The number of esters is 1. The smallest absolute Gasteiger partial charge is 0.337 e. The van der Waals surface area contributed by atoms with Gasteiger partial charge in [-0.15, -0.1) is 0 Å². The Bertz CT molecular complexity index is 352. The van der Waals surface area contributed by atoms with E-state index in [1.165, 1.54) is 7.11 Å². The van der Waals surface area contributed by atoms with Crippen LogP contribution in [0.2, 0.25) is 0 Å². The highest BCUT2D eigenvalue weighted by atomic mass is 16.5. The summed E-state index contributed by atoms with van der Waals surface area (Å²) in [7, 11) is 3.11. The van der Waals surface area contributed by atoms with Crippen LogP contribution >= 0.6 is 0 Å². The molecule has 0 aromatic heterocycles. The van der Waals surface area contributed by atoms with Crippen molar-refractivity contribution in [3.8, 4) is 0 Å². The molecule has 3 heteroatoms. The molecule has 3 nitrogen and oxygen atoms in total. The van der Waals surface area contributed by atoms with Gasteiger partial charge in [-0.1, -0.05) is 12.1 Å². The first-order valence-electron chi connectivity index (χ1n) is 4.31. The van der Waals surface area contributed by atoms with Crippen molar-refractivity contribution in [2.24, 2.45) is 4.99 Å². The molecule has 1 aromatic carbocycles. The van der Waals surface area contributed by atoms with E-state index in [9.17, 15) is 4.79 Å². The predicted octanol–water partition coefficient (Wildman–Crippen LogP) is 1.91. The van der Waals surface area contributed by atoms with Crippen molar-refractivity contribution in [1.29, 1.82) is 0 Å². The summed E-state index contributed by atoms with van der Waals surface area (Å²) in [5.74, 6) is -0.317. The van der Waals surface area contributed by atoms with Gasteiger partial charge in [0.1, 0.15) is 0 Å². The first-order valence-corrected chi connectivity index (χ1v) is 4.31. The van der Waals surface area contributed by atoms with Gasteiger partial charge in [0.25, 0.3) is 0 Å². The number of nitrogens with zero attached hydrogens (tertiary/aromatic N) is 1. The molecule has 0 spiro atoms. The van der Waals surface area contributed by atoms with Gasteiger partial charge >= 0.3 is 5.97 Å². The quantitative estimate of drug-likeness (QED) is 0.529. The fraction of sp³-hybridized carbons (Fsp3) is 0.273. The van der Waals surface area contributed by atoms with Gasteiger partial charge in [0.2, 0.25) is 0 Å². The number of ether oxygens (including phenoxy) is 1. The Kier molecular flexibility index (Phi) is 3.40. The van der Waals surface area contributed by atoms with Crippen LogP contribution in [0.15, 0.2) is 29.3 Å². The third-order valence-electron chi connectivity index (χ3n) is 2.06. The Hall–Kier alpha value is -1.64. The van der Waals surface area contributed by atoms with Crippen LogP contribution in [-0.4, -0.2) is 25.8 Å². The highest BCUT2D eigenvalue weighted by Gasteiger charge is 2.04. The van der Waals surface area contributed by atoms with Crippen LogP contribution < -0.4 is 0 Å². The second-order valence-corrected chi connectivity index (χ2v) is 2.88. The minimum atomic E-state index is -0.317. The standard InChI is InChI=1S/C11H13NO2/c1-8(12-2)9-4-6-10(7-5-9)11(13)14-3/h4-7H,1-3H3. The van der Waals surface area contributed by atoms with E-state index in [1.807, 2.05) is 19.1 Å². The average Bonchev–Trinajstić information content (AvgIpc) is 2.27. The first kappa shape index (κ1) is 10.4. The monoisotopic (exact) mass is 191 g/mol. The van der Waals surface area contributed by atoms with E-state index in [4.69, 9.17) is 0 Å². The normalized spacial score (nSPS) is 11.2. The zero-order valence-electron chi connectivity index (χ0n) is 8.57. The van der Waals surface area contributed by atoms with Crippen molar-refractivity contribution in [2.45, 2.75) is 6.92 Å². The fourth-order valence-electron chi connectivity index (χ4n) is 1.09. The van der Waals surface area contributed by atoms with Crippen LogP contribution in [0.1, 0.15) is 22.8 Å². The number of aliphatic imine (C=N–C) groups is 1. The number of methoxy groups -OCH3 is 1. The molecule has 0 atom stereocenters. The molecule has 0 unspecified atom stereocenters. The van der Waals surface area contributed by atoms with Crippen LogP contribution in [-0.2, 0) is 4.74 Å². The van der Waals surface area contributed by atoms with Gasteiger partial charge in [0.15, 0.2) is 0 Å². The third kappa shape index (κ3) is 2.19.